The molecule has 1 heterocycles. The first-order chi connectivity index (χ1) is 10.3. The van der Waals surface area contributed by atoms with Gasteiger partial charge in [-0.2, -0.15) is 0 Å². The van der Waals surface area contributed by atoms with Crippen LogP contribution in [0, 0.1) is 0 Å². The van der Waals surface area contributed by atoms with Gasteiger partial charge in [0, 0.05) is 18.3 Å². The Morgan fingerprint density at radius 1 is 1.33 bits per heavy atom. The molecule has 2 N–H and O–H groups in total. The van der Waals surface area contributed by atoms with Crippen LogP contribution in [0.3, 0.4) is 0 Å². The van der Waals surface area contributed by atoms with Gasteiger partial charge in [0.15, 0.2) is 0 Å². The van der Waals surface area contributed by atoms with Crippen LogP contribution in [0.4, 0.5) is 5.69 Å². The maximum atomic E-state index is 9.49. The van der Waals surface area contributed by atoms with Gasteiger partial charge in [-0.25, -0.2) is 4.98 Å². The van der Waals surface area contributed by atoms with Crippen LogP contribution in [0.1, 0.15) is 38.1 Å². The van der Waals surface area contributed by atoms with Gasteiger partial charge in [0.25, 0.3) is 0 Å². The van der Waals surface area contributed by atoms with Crippen molar-refractivity contribution in [2.75, 3.05) is 17.7 Å². The summed E-state index contributed by atoms with van der Waals surface area (Å²) in [6.45, 7) is 0.457. The second-order valence-corrected chi connectivity index (χ2v) is 6.14. The third-order valence-electron chi connectivity index (χ3n) is 4.26. The van der Waals surface area contributed by atoms with E-state index in [0.717, 1.165) is 11.2 Å². The van der Waals surface area contributed by atoms with Crippen molar-refractivity contribution in [1.29, 1.82) is 0 Å². The molecule has 1 fully saturated rings. The molecule has 1 saturated carbocycles. The number of nitrogens with one attached hydrogen (secondary N) is 1. The summed E-state index contributed by atoms with van der Waals surface area (Å²) in [4.78, 5) is 4.54. The second-order valence-electron chi connectivity index (χ2n) is 5.84. The molecule has 0 aliphatic heterocycles. The number of nitrogens with zero attached hydrogens (tertiary/aromatic N) is 2. The first-order valence-electron chi connectivity index (χ1n) is 7.72. The zero-order chi connectivity index (χ0) is 14.7. The SMILES string of the molecule is OC(CCl)CNc1ccc2c(c1)ncn2C1CCCCC1. The molecular weight excluding hydrogens is 286 g/mol. The highest BCUT2D eigenvalue weighted by Gasteiger charge is 2.17. The smallest absolute Gasteiger partial charge is 0.0960 e. The largest absolute Gasteiger partial charge is 0.390 e. The summed E-state index contributed by atoms with van der Waals surface area (Å²) in [5.74, 6) is 0.242. The van der Waals surface area contributed by atoms with Crippen molar-refractivity contribution in [2.24, 2.45) is 0 Å². The minimum Gasteiger partial charge on any atom is -0.390 e. The standard InChI is InChI=1S/C16H22ClN3O/c17-9-14(21)10-18-12-6-7-16-15(8-12)19-11-20(16)13-4-2-1-3-5-13/h6-8,11,13-14,18,21H,1-5,9-10H2. The third-order valence-corrected chi connectivity index (χ3v) is 4.62. The molecule has 0 radical (unpaired) electrons. The van der Waals surface area contributed by atoms with E-state index in [1.54, 1.807) is 0 Å². The van der Waals surface area contributed by atoms with E-state index in [4.69, 9.17) is 11.6 Å². The van der Waals surface area contributed by atoms with E-state index in [2.05, 4.69) is 20.9 Å². The summed E-state index contributed by atoms with van der Waals surface area (Å²) in [6, 6.07) is 6.80. The number of halogens is 1. The Kier molecular flexibility index (Phi) is 4.66. The Bertz CT molecular complexity index is 592. The molecule has 0 bridgehead atoms. The van der Waals surface area contributed by atoms with Crippen LogP contribution < -0.4 is 5.32 Å². The topological polar surface area (TPSA) is 50.1 Å². The Labute approximate surface area is 130 Å². The molecule has 114 valence electrons. The maximum Gasteiger partial charge on any atom is 0.0960 e. The predicted octanol–water partition coefficient (Wildman–Crippen LogP) is 3.55. The van der Waals surface area contributed by atoms with E-state index in [1.807, 2.05) is 18.5 Å². The molecule has 2 aromatic rings. The molecule has 5 heteroatoms. The first kappa shape index (κ1) is 14.7. The lowest BCUT2D eigenvalue weighted by molar-refractivity contribution is 0.211. The highest BCUT2D eigenvalue weighted by molar-refractivity contribution is 6.18. The van der Waals surface area contributed by atoms with Gasteiger partial charge in [-0.05, 0) is 31.0 Å². The van der Waals surface area contributed by atoms with Crippen LogP contribution >= 0.6 is 11.6 Å². The van der Waals surface area contributed by atoms with Gasteiger partial charge in [0.2, 0.25) is 0 Å². The number of hydrogen-bond acceptors (Lipinski definition) is 3. The van der Waals surface area contributed by atoms with Gasteiger partial charge in [-0.3, -0.25) is 0 Å². The van der Waals surface area contributed by atoms with Gasteiger partial charge in [-0.1, -0.05) is 19.3 Å². The summed E-state index contributed by atoms with van der Waals surface area (Å²) < 4.78 is 2.33. The Morgan fingerprint density at radius 3 is 2.90 bits per heavy atom. The van der Waals surface area contributed by atoms with Crippen LogP contribution in [0.15, 0.2) is 24.5 Å². The molecule has 1 aromatic heterocycles. The molecule has 0 saturated heterocycles. The number of aliphatic hydroxyl groups is 1. The van der Waals surface area contributed by atoms with Crippen molar-refractivity contribution < 1.29 is 5.11 Å². The molecule has 1 aliphatic rings. The lowest BCUT2D eigenvalue weighted by atomic mass is 9.95. The Hall–Kier alpha value is -1.26. The molecule has 1 aromatic carbocycles. The van der Waals surface area contributed by atoms with E-state index in [0.29, 0.717) is 12.6 Å². The molecular formula is C16H22ClN3O. The summed E-state index contributed by atoms with van der Waals surface area (Å²) >= 11 is 5.60. The molecule has 3 rings (SSSR count). The third kappa shape index (κ3) is 3.33. The highest BCUT2D eigenvalue weighted by atomic mass is 35.5. The fraction of sp³-hybridized carbons (Fsp3) is 0.562. The average Bonchev–Trinajstić information content (AvgIpc) is 2.96. The maximum absolute atomic E-state index is 9.49. The van der Waals surface area contributed by atoms with Crippen LogP contribution in [0.5, 0.6) is 0 Å². The first-order valence-corrected chi connectivity index (χ1v) is 8.26. The van der Waals surface area contributed by atoms with E-state index in [9.17, 15) is 5.11 Å². The predicted molar refractivity (Wildman–Crippen MR) is 87.1 cm³/mol. The highest BCUT2D eigenvalue weighted by Crippen LogP contribution is 2.31. The van der Waals surface area contributed by atoms with Gasteiger partial charge in [-0.15, -0.1) is 11.6 Å². The van der Waals surface area contributed by atoms with Crippen molar-refractivity contribution in [3.05, 3.63) is 24.5 Å². The number of anilines is 1. The number of rotatable bonds is 5. The summed E-state index contributed by atoms with van der Waals surface area (Å²) in [5, 5.41) is 12.7. The minimum absolute atomic E-state index is 0.242. The van der Waals surface area contributed by atoms with Gasteiger partial charge >= 0.3 is 0 Å². The van der Waals surface area contributed by atoms with Crippen molar-refractivity contribution in [2.45, 2.75) is 44.2 Å². The summed E-state index contributed by atoms with van der Waals surface area (Å²) in [7, 11) is 0. The van der Waals surface area contributed by atoms with Crippen LogP contribution in [-0.4, -0.2) is 33.2 Å². The number of benzene rings is 1. The number of hydrogen-bond donors (Lipinski definition) is 2. The number of aromatic nitrogens is 2. The van der Waals surface area contributed by atoms with E-state index >= 15 is 0 Å². The molecule has 1 unspecified atom stereocenters. The van der Waals surface area contributed by atoms with Gasteiger partial charge in [0.1, 0.15) is 0 Å². The summed E-state index contributed by atoms with van der Waals surface area (Å²) in [6.07, 6.45) is 7.96. The van der Waals surface area contributed by atoms with Crippen molar-refractivity contribution in [3.63, 3.8) is 0 Å². The fourth-order valence-corrected chi connectivity index (χ4v) is 3.19. The van der Waals surface area contributed by atoms with Gasteiger partial charge < -0.3 is 15.0 Å². The number of imidazole rings is 1. The fourth-order valence-electron chi connectivity index (χ4n) is 3.08. The molecule has 4 nitrogen and oxygen atoms in total. The number of fused-ring (bicyclic) bond motifs is 1. The van der Waals surface area contributed by atoms with Crippen LogP contribution in [-0.2, 0) is 0 Å². The Balaban J connectivity index is 1.77. The lowest BCUT2D eigenvalue weighted by Crippen LogP contribution is -2.20. The van der Waals surface area contributed by atoms with Crippen molar-refractivity contribution in [3.8, 4) is 0 Å². The molecule has 1 atom stereocenters. The molecule has 1 aliphatic carbocycles. The average molecular weight is 308 g/mol. The quantitative estimate of drug-likeness (QED) is 0.831. The molecule has 0 amide bonds. The van der Waals surface area contributed by atoms with E-state index in [1.165, 1.54) is 37.6 Å². The lowest BCUT2D eigenvalue weighted by Gasteiger charge is -2.23. The molecule has 0 spiro atoms. The molecule has 21 heavy (non-hydrogen) atoms. The normalized spacial score (nSPS) is 18.0. The van der Waals surface area contributed by atoms with E-state index < -0.39 is 6.10 Å². The number of aliphatic hydroxyl groups excluding tert-OH is 1. The Morgan fingerprint density at radius 2 is 2.14 bits per heavy atom. The summed E-state index contributed by atoms with van der Waals surface area (Å²) in [5.41, 5.74) is 3.18. The zero-order valence-electron chi connectivity index (χ0n) is 12.1. The number of alkyl halides is 1. The van der Waals surface area contributed by atoms with Gasteiger partial charge in [0.05, 0.1) is 29.3 Å². The minimum atomic E-state index is -0.526. The van der Waals surface area contributed by atoms with Crippen molar-refractivity contribution in [1.82, 2.24) is 9.55 Å². The van der Waals surface area contributed by atoms with E-state index in [-0.39, 0.29) is 5.88 Å². The van der Waals surface area contributed by atoms with Crippen LogP contribution in [0.2, 0.25) is 0 Å². The van der Waals surface area contributed by atoms with Crippen molar-refractivity contribution >= 4 is 28.3 Å². The zero-order valence-corrected chi connectivity index (χ0v) is 12.9. The second kappa shape index (κ2) is 6.67. The van der Waals surface area contributed by atoms with Crippen LogP contribution in [0.25, 0.3) is 11.0 Å². The monoisotopic (exact) mass is 307 g/mol.